The third-order valence-corrected chi connectivity index (χ3v) is 3.43. The van der Waals surface area contributed by atoms with Crippen LogP contribution in [0.3, 0.4) is 0 Å². The number of thioether (sulfide) groups is 1. The monoisotopic (exact) mass is 264 g/mol. The molecule has 96 valence electrons. The molecular weight excluding hydrogens is 248 g/mol. The van der Waals surface area contributed by atoms with Crippen molar-refractivity contribution in [1.29, 1.82) is 0 Å². The largest absolute Gasteiger partial charge is 0.493 e. The molecule has 1 aromatic heterocycles. The van der Waals surface area contributed by atoms with Crippen molar-refractivity contribution in [2.45, 2.75) is 18.9 Å². The van der Waals surface area contributed by atoms with E-state index in [0.29, 0.717) is 11.5 Å². The van der Waals surface area contributed by atoms with Gasteiger partial charge in [0.1, 0.15) is 10.9 Å². The van der Waals surface area contributed by atoms with Crippen LogP contribution in [0.5, 0.6) is 11.5 Å². The number of nitrogens with zero attached hydrogens (tertiary/aromatic N) is 2. The summed E-state index contributed by atoms with van der Waals surface area (Å²) in [6.45, 7) is 4.00. The van der Waals surface area contributed by atoms with E-state index in [0.717, 1.165) is 27.5 Å². The highest BCUT2D eigenvalue weighted by Gasteiger charge is 2.11. The van der Waals surface area contributed by atoms with Gasteiger partial charge in [-0.2, -0.15) is 0 Å². The Balaban J connectivity index is 2.70. The maximum absolute atomic E-state index is 5.32. The SMILES string of the molecule is CCSc1nc(C)nc2cc(OC)c(OC)cc12. The normalized spacial score (nSPS) is 10.7. The highest BCUT2D eigenvalue weighted by atomic mass is 32.2. The zero-order valence-electron chi connectivity index (χ0n) is 11.0. The van der Waals surface area contributed by atoms with Gasteiger partial charge in [0.25, 0.3) is 0 Å². The fourth-order valence-corrected chi connectivity index (χ4v) is 2.57. The van der Waals surface area contributed by atoms with Gasteiger partial charge >= 0.3 is 0 Å². The Morgan fingerprint density at radius 2 is 1.78 bits per heavy atom. The molecule has 0 spiro atoms. The van der Waals surface area contributed by atoms with Crippen LogP contribution in [0, 0.1) is 6.92 Å². The van der Waals surface area contributed by atoms with E-state index >= 15 is 0 Å². The number of hydrogen-bond acceptors (Lipinski definition) is 5. The summed E-state index contributed by atoms with van der Waals surface area (Å²) in [4.78, 5) is 8.92. The van der Waals surface area contributed by atoms with Crippen molar-refractivity contribution < 1.29 is 9.47 Å². The summed E-state index contributed by atoms with van der Waals surface area (Å²) in [6, 6.07) is 3.83. The summed E-state index contributed by atoms with van der Waals surface area (Å²) in [6.07, 6.45) is 0. The number of aromatic nitrogens is 2. The minimum Gasteiger partial charge on any atom is -0.493 e. The van der Waals surface area contributed by atoms with E-state index < -0.39 is 0 Å². The van der Waals surface area contributed by atoms with Crippen LogP contribution in [0.4, 0.5) is 0 Å². The molecule has 2 aromatic rings. The van der Waals surface area contributed by atoms with Crippen molar-refractivity contribution in [3.63, 3.8) is 0 Å². The van der Waals surface area contributed by atoms with Gasteiger partial charge in [-0.3, -0.25) is 0 Å². The molecular formula is C13H16N2O2S. The first-order valence-electron chi connectivity index (χ1n) is 5.72. The number of aryl methyl sites for hydroxylation is 1. The van der Waals surface area contributed by atoms with Gasteiger partial charge in [0, 0.05) is 11.5 Å². The topological polar surface area (TPSA) is 44.2 Å². The van der Waals surface area contributed by atoms with E-state index in [1.54, 1.807) is 26.0 Å². The quantitative estimate of drug-likeness (QED) is 0.627. The van der Waals surface area contributed by atoms with Crippen molar-refractivity contribution in [3.05, 3.63) is 18.0 Å². The Bertz CT molecular complexity index is 572. The summed E-state index contributed by atoms with van der Waals surface area (Å²) in [7, 11) is 3.25. The van der Waals surface area contributed by atoms with Gasteiger partial charge in [-0.25, -0.2) is 9.97 Å². The third kappa shape index (κ3) is 2.36. The second-order valence-electron chi connectivity index (χ2n) is 3.73. The predicted octanol–water partition coefficient (Wildman–Crippen LogP) is 3.07. The van der Waals surface area contributed by atoms with E-state index in [1.165, 1.54) is 0 Å². The van der Waals surface area contributed by atoms with Gasteiger partial charge in [0.2, 0.25) is 0 Å². The molecule has 0 aliphatic rings. The lowest BCUT2D eigenvalue weighted by atomic mass is 10.2. The lowest BCUT2D eigenvalue weighted by molar-refractivity contribution is 0.355. The maximum atomic E-state index is 5.32. The summed E-state index contributed by atoms with van der Waals surface area (Å²) in [5.41, 5.74) is 0.885. The standard InChI is InChI=1S/C13H16N2O2S/c1-5-18-13-9-6-11(16-3)12(17-4)7-10(9)14-8(2)15-13/h6-7H,5H2,1-4H3. The first kappa shape index (κ1) is 13.0. The van der Waals surface area contributed by atoms with E-state index in [9.17, 15) is 0 Å². The van der Waals surface area contributed by atoms with E-state index in [-0.39, 0.29) is 0 Å². The van der Waals surface area contributed by atoms with Crippen LogP contribution in [-0.4, -0.2) is 29.9 Å². The van der Waals surface area contributed by atoms with E-state index in [1.807, 2.05) is 19.1 Å². The van der Waals surface area contributed by atoms with Crippen molar-refractivity contribution in [3.8, 4) is 11.5 Å². The highest BCUT2D eigenvalue weighted by molar-refractivity contribution is 7.99. The van der Waals surface area contributed by atoms with Gasteiger partial charge in [-0.15, -0.1) is 11.8 Å². The fourth-order valence-electron chi connectivity index (χ4n) is 1.79. The number of fused-ring (bicyclic) bond motifs is 1. The predicted molar refractivity (Wildman–Crippen MR) is 73.8 cm³/mol. The molecule has 0 bridgehead atoms. The van der Waals surface area contributed by atoms with Crippen molar-refractivity contribution in [2.75, 3.05) is 20.0 Å². The molecule has 0 saturated heterocycles. The zero-order chi connectivity index (χ0) is 13.1. The molecule has 1 heterocycles. The Labute approximate surface area is 111 Å². The molecule has 0 radical (unpaired) electrons. The van der Waals surface area contributed by atoms with Gasteiger partial charge < -0.3 is 9.47 Å². The van der Waals surface area contributed by atoms with Gasteiger partial charge in [0.05, 0.1) is 19.7 Å². The van der Waals surface area contributed by atoms with Gasteiger partial charge in [-0.05, 0) is 18.7 Å². The minimum atomic E-state index is 0.690. The number of methoxy groups -OCH3 is 2. The fraction of sp³-hybridized carbons (Fsp3) is 0.385. The molecule has 0 atom stereocenters. The second kappa shape index (κ2) is 5.44. The van der Waals surface area contributed by atoms with Crippen molar-refractivity contribution in [2.24, 2.45) is 0 Å². The summed E-state index contributed by atoms with van der Waals surface area (Å²) >= 11 is 1.70. The molecule has 18 heavy (non-hydrogen) atoms. The number of benzene rings is 1. The van der Waals surface area contributed by atoms with Crippen LogP contribution >= 0.6 is 11.8 Å². The Kier molecular flexibility index (Phi) is 3.91. The van der Waals surface area contributed by atoms with Crippen molar-refractivity contribution >= 4 is 22.7 Å². The van der Waals surface area contributed by atoms with Crippen LogP contribution in [-0.2, 0) is 0 Å². The van der Waals surface area contributed by atoms with E-state index in [4.69, 9.17) is 9.47 Å². The lowest BCUT2D eigenvalue weighted by Gasteiger charge is -2.11. The number of hydrogen-bond donors (Lipinski definition) is 0. The van der Waals surface area contributed by atoms with Crippen molar-refractivity contribution in [1.82, 2.24) is 9.97 Å². The summed E-state index contributed by atoms with van der Waals surface area (Å²) in [5, 5.41) is 1.99. The Hall–Kier alpha value is -1.49. The minimum absolute atomic E-state index is 0.690. The first-order valence-corrected chi connectivity index (χ1v) is 6.71. The van der Waals surface area contributed by atoms with Gasteiger partial charge in [-0.1, -0.05) is 6.92 Å². The summed E-state index contributed by atoms with van der Waals surface area (Å²) < 4.78 is 10.6. The summed E-state index contributed by atoms with van der Waals surface area (Å²) in [5.74, 6) is 3.14. The van der Waals surface area contributed by atoms with Crippen LogP contribution in [0.2, 0.25) is 0 Å². The highest BCUT2D eigenvalue weighted by Crippen LogP contribution is 2.35. The molecule has 5 heteroatoms. The van der Waals surface area contributed by atoms with Crippen LogP contribution in [0.15, 0.2) is 17.2 Å². The lowest BCUT2D eigenvalue weighted by Crippen LogP contribution is -1.96. The molecule has 1 aromatic carbocycles. The average molecular weight is 264 g/mol. The van der Waals surface area contributed by atoms with Crippen LogP contribution in [0.25, 0.3) is 10.9 Å². The third-order valence-electron chi connectivity index (χ3n) is 2.56. The number of rotatable bonds is 4. The maximum Gasteiger partial charge on any atom is 0.162 e. The first-order chi connectivity index (χ1) is 8.69. The second-order valence-corrected chi connectivity index (χ2v) is 4.99. The Morgan fingerprint density at radius 1 is 1.11 bits per heavy atom. The molecule has 4 nitrogen and oxygen atoms in total. The van der Waals surface area contributed by atoms with E-state index in [2.05, 4.69) is 16.9 Å². The molecule has 0 N–H and O–H groups in total. The molecule has 0 aliphatic heterocycles. The van der Waals surface area contributed by atoms with Crippen LogP contribution in [0.1, 0.15) is 12.7 Å². The smallest absolute Gasteiger partial charge is 0.162 e. The molecule has 0 aliphatic carbocycles. The van der Waals surface area contributed by atoms with Crippen LogP contribution < -0.4 is 9.47 Å². The molecule has 0 amide bonds. The zero-order valence-corrected chi connectivity index (χ0v) is 11.8. The molecule has 2 rings (SSSR count). The molecule has 0 unspecified atom stereocenters. The molecule has 0 fully saturated rings. The number of ether oxygens (including phenoxy) is 2. The molecule has 0 saturated carbocycles. The average Bonchev–Trinajstić information content (AvgIpc) is 2.37. The van der Waals surface area contributed by atoms with Gasteiger partial charge in [0.15, 0.2) is 11.5 Å². The Morgan fingerprint density at radius 3 is 2.39 bits per heavy atom.